The highest BCUT2D eigenvalue weighted by atomic mass is 16.7. The van der Waals surface area contributed by atoms with Crippen molar-refractivity contribution >= 4 is 11.8 Å². The van der Waals surface area contributed by atoms with Crippen LogP contribution in [-0.4, -0.2) is 28.2 Å². The van der Waals surface area contributed by atoms with Gasteiger partial charge in [0.15, 0.2) is 5.84 Å². The van der Waals surface area contributed by atoms with Gasteiger partial charge in [0.05, 0.1) is 0 Å². The van der Waals surface area contributed by atoms with Crippen LogP contribution >= 0.6 is 0 Å². The highest BCUT2D eigenvalue weighted by molar-refractivity contribution is 5.96. The Morgan fingerprint density at radius 2 is 2.50 bits per heavy atom. The summed E-state index contributed by atoms with van der Waals surface area (Å²) in [5.74, 6) is -0.566. The minimum Gasteiger partial charge on any atom is -0.478 e. The lowest BCUT2D eigenvalue weighted by molar-refractivity contribution is -0.163. The summed E-state index contributed by atoms with van der Waals surface area (Å²) in [6.07, 6.45) is 5.70. The van der Waals surface area contributed by atoms with Gasteiger partial charge in [-0.1, -0.05) is 6.08 Å². The zero-order valence-corrected chi connectivity index (χ0v) is 6.04. The van der Waals surface area contributed by atoms with E-state index < -0.39 is 12.2 Å². The quantitative estimate of drug-likeness (QED) is 0.601. The first-order chi connectivity index (χ1) is 5.77. The summed E-state index contributed by atoms with van der Waals surface area (Å²) in [6, 6.07) is 0. The van der Waals surface area contributed by atoms with Crippen LogP contribution < -0.4 is 0 Å². The highest BCUT2D eigenvalue weighted by Crippen LogP contribution is 2.15. The Balaban J connectivity index is 2.23. The molecule has 0 saturated heterocycles. The minimum absolute atomic E-state index is 0.518. The van der Waals surface area contributed by atoms with Gasteiger partial charge in [0.25, 0.3) is 6.23 Å². The third-order valence-electron chi connectivity index (χ3n) is 1.48. The van der Waals surface area contributed by atoms with Gasteiger partial charge in [0, 0.05) is 6.20 Å². The van der Waals surface area contributed by atoms with Crippen LogP contribution in [0.15, 0.2) is 29.4 Å². The number of amidine groups is 1. The fraction of sp³-hybridized carbons (Fsp3) is 0.143. The Labute approximate surface area is 68.2 Å². The van der Waals surface area contributed by atoms with Crippen LogP contribution in [-0.2, 0) is 9.63 Å². The number of hydrogen-bond donors (Lipinski definition) is 1. The number of hydroxylamine groups is 2. The SMILES string of the molecule is O=C(O)C1N=C2C=CC=CN2O1. The minimum atomic E-state index is -1.10. The molecule has 2 aliphatic rings. The zero-order valence-electron chi connectivity index (χ0n) is 6.04. The van der Waals surface area contributed by atoms with E-state index in [1.165, 1.54) is 5.06 Å². The Morgan fingerprint density at radius 1 is 1.67 bits per heavy atom. The maximum absolute atomic E-state index is 10.4. The first-order valence-corrected chi connectivity index (χ1v) is 3.39. The van der Waals surface area contributed by atoms with E-state index >= 15 is 0 Å². The molecule has 0 aromatic rings. The normalized spacial score (nSPS) is 25.5. The fourth-order valence-corrected chi connectivity index (χ4v) is 0.960. The average Bonchev–Trinajstić information content (AvgIpc) is 2.46. The molecule has 2 heterocycles. The summed E-state index contributed by atoms with van der Waals surface area (Å²) in [4.78, 5) is 19.1. The topological polar surface area (TPSA) is 62.1 Å². The Kier molecular flexibility index (Phi) is 1.44. The van der Waals surface area contributed by atoms with Gasteiger partial charge in [0.2, 0.25) is 0 Å². The molecule has 0 spiro atoms. The fourth-order valence-electron chi connectivity index (χ4n) is 0.960. The number of nitrogens with zero attached hydrogens (tertiary/aromatic N) is 2. The molecule has 12 heavy (non-hydrogen) atoms. The largest absolute Gasteiger partial charge is 0.478 e. The second-order valence-corrected chi connectivity index (χ2v) is 2.31. The Hall–Kier alpha value is -1.62. The predicted octanol–water partition coefficient (Wildman–Crippen LogP) is 0.126. The number of carbonyl (C=O) groups is 1. The third-order valence-corrected chi connectivity index (χ3v) is 1.48. The molecule has 0 saturated carbocycles. The number of allylic oxidation sites excluding steroid dienone is 2. The van der Waals surface area contributed by atoms with Crippen LogP contribution in [0.25, 0.3) is 0 Å². The monoisotopic (exact) mass is 166 g/mol. The number of hydrogen-bond acceptors (Lipinski definition) is 4. The second-order valence-electron chi connectivity index (χ2n) is 2.31. The van der Waals surface area contributed by atoms with Crippen LogP contribution in [0.3, 0.4) is 0 Å². The molecule has 0 radical (unpaired) electrons. The number of fused-ring (bicyclic) bond motifs is 1. The predicted molar refractivity (Wildman–Crippen MR) is 40.1 cm³/mol. The molecular formula is C7H6N2O3. The Bertz CT molecular complexity index is 306. The maximum Gasteiger partial charge on any atom is 0.358 e. The van der Waals surface area contributed by atoms with Gasteiger partial charge in [-0.25, -0.2) is 19.7 Å². The van der Waals surface area contributed by atoms with E-state index in [1.807, 2.05) is 0 Å². The molecule has 5 nitrogen and oxygen atoms in total. The molecule has 1 N–H and O–H groups in total. The van der Waals surface area contributed by atoms with E-state index in [-0.39, 0.29) is 0 Å². The van der Waals surface area contributed by atoms with E-state index in [2.05, 4.69) is 4.99 Å². The van der Waals surface area contributed by atoms with Crippen molar-refractivity contribution in [1.29, 1.82) is 0 Å². The standard InChI is InChI=1S/C7H6N2O3/c10-7(11)6-8-5-3-1-2-4-9(5)12-6/h1-4,6H,(H,10,11). The molecule has 2 rings (SSSR count). The molecule has 62 valence electrons. The van der Waals surface area contributed by atoms with Crippen LogP contribution in [0, 0.1) is 0 Å². The van der Waals surface area contributed by atoms with Gasteiger partial charge in [0.1, 0.15) is 0 Å². The van der Waals surface area contributed by atoms with Crippen molar-refractivity contribution in [2.75, 3.05) is 0 Å². The number of aliphatic carboxylic acids is 1. The molecule has 0 aromatic heterocycles. The van der Waals surface area contributed by atoms with Gasteiger partial charge >= 0.3 is 5.97 Å². The summed E-state index contributed by atoms with van der Waals surface area (Å²) in [5, 5.41) is 9.89. The summed E-state index contributed by atoms with van der Waals surface area (Å²) in [5.41, 5.74) is 0. The molecule has 0 bridgehead atoms. The second kappa shape index (κ2) is 2.46. The van der Waals surface area contributed by atoms with Gasteiger partial charge in [-0.2, -0.15) is 0 Å². The zero-order chi connectivity index (χ0) is 8.55. The van der Waals surface area contributed by atoms with Gasteiger partial charge < -0.3 is 5.11 Å². The van der Waals surface area contributed by atoms with Crippen LogP contribution in [0.5, 0.6) is 0 Å². The molecule has 0 aromatic carbocycles. The van der Waals surface area contributed by atoms with Crippen molar-refractivity contribution in [3.05, 3.63) is 24.4 Å². The first kappa shape index (κ1) is 7.05. The van der Waals surface area contributed by atoms with Crippen LogP contribution in [0.1, 0.15) is 0 Å². The lowest BCUT2D eigenvalue weighted by Gasteiger charge is -2.13. The summed E-state index contributed by atoms with van der Waals surface area (Å²) < 4.78 is 0. The third kappa shape index (κ3) is 0.998. The molecule has 5 heteroatoms. The van der Waals surface area contributed by atoms with E-state index in [0.29, 0.717) is 5.84 Å². The molecule has 0 fully saturated rings. The van der Waals surface area contributed by atoms with Crippen molar-refractivity contribution in [2.24, 2.45) is 4.99 Å². The lowest BCUT2D eigenvalue weighted by atomic mass is 10.4. The lowest BCUT2D eigenvalue weighted by Crippen LogP contribution is -2.24. The van der Waals surface area contributed by atoms with Crippen molar-refractivity contribution in [1.82, 2.24) is 5.06 Å². The van der Waals surface area contributed by atoms with Crippen molar-refractivity contribution in [3.8, 4) is 0 Å². The average molecular weight is 166 g/mol. The summed E-state index contributed by atoms with van der Waals surface area (Å²) >= 11 is 0. The van der Waals surface area contributed by atoms with E-state index in [4.69, 9.17) is 9.94 Å². The number of aliphatic imine (C=N–C) groups is 1. The van der Waals surface area contributed by atoms with E-state index in [0.717, 1.165) is 0 Å². The Morgan fingerprint density at radius 3 is 3.17 bits per heavy atom. The van der Waals surface area contributed by atoms with Crippen LogP contribution in [0.2, 0.25) is 0 Å². The van der Waals surface area contributed by atoms with E-state index in [1.54, 1.807) is 24.4 Å². The number of carboxylic acids is 1. The molecule has 1 atom stereocenters. The van der Waals surface area contributed by atoms with E-state index in [9.17, 15) is 4.79 Å². The molecular weight excluding hydrogens is 160 g/mol. The van der Waals surface area contributed by atoms with Crippen molar-refractivity contribution < 1.29 is 14.7 Å². The van der Waals surface area contributed by atoms with Crippen molar-refractivity contribution in [2.45, 2.75) is 6.23 Å². The smallest absolute Gasteiger partial charge is 0.358 e. The van der Waals surface area contributed by atoms with Crippen LogP contribution in [0.4, 0.5) is 0 Å². The number of rotatable bonds is 1. The molecule has 0 aliphatic carbocycles. The van der Waals surface area contributed by atoms with Gasteiger partial charge in [-0.05, 0) is 12.2 Å². The van der Waals surface area contributed by atoms with Crippen molar-refractivity contribution in [3.63, 3.8) is 0 Å². The molecule has 2 aliphatic heterocycles. The molecule has 1 unspecified atom stereocenters. The number of carboxylic acid groups (broad SMARTS) is 1. The summed E-state index contributed by atoms with van der Waals surface area (Å²) in [7, 11) is 0. The first-order valence-electron chi connectivity index (χ1n) is 3.39. The highest BCUT2D eigenvalue weighted by Gasteiger charge is 2.29. The summed E-state index contributed by atoms with van der Waals surface area (Å²) in [6.45, 7) is 0. The van der Waals surface area contributed by atoms with Gasteiger partial charge in [-0.15, -0.1) is 0 Å². The van der Waals surface area contributed by atoms with Gasteiger partial charge in [-0.3, -0.25) is 0 Å². The maximum atomic E-state index is 10.4. The molecule has 0 amide bonds.